The molecule has 1 N–H and O–H groups in total. The van der Waals surface area contributed by atoms with Crippen molar-refractivity contribution in [3.63, 3.8) is 0 Å². The van der Waals surface area contributed by atoms with Crippen molar-refractivity contribution >= 4 is 27.3 Å². The zero-order valence-corrected chi connectivity index (χ0v) is 13.2. The Hall–Kier alpha value is -1.69. The van der Waals surface area contributed by atoms with Crippen molar-refractivity contribution < 1.29 is 13.3 Å². The van der Waals surface area contributed by atoms with Gasteiger partial charge in [0.1, 0.15) is 5.02 Å². The van der Waals surface area contributed by atoms with Crippen molar-refractivity contribution in [3.8, 4) is 6.07 Å². The summed E-state index contributed by atoms with van der Waals surface area (Å²) in [4.78, 5) is 9.86. The van der Waals surface area contributed by atoms with E-state index in [4.69, 9.17) is 16.9 Å². The fourth-order valence-electron chi connectivity index (χ4n) is 1.46. The molecule has 0 heterocycles. The van der Waals surface area contributed by atoms with E-state index >= 15 is 0 Å². The maximum atomic E-state index is 12.2. The molecule has 1 aromatic carbocycles. The molecule has 9 heteroatoms. The number of nitro groups is 1. The molecule has 1 aromatic rings. The van der Waals surface area contributed by atoms with E-state index in [1.807, 2.05) is 6.07 Å². The number of nitrogens with one attached hydrogen (secondary N) is 1. The van der Waals surface area contributed by atoms with Crippen LogP contribution < -0.4 is 4.72 Å². The summed E-state index contributed by atoms with van der Waals surface area (Å²) in [6, 6.07) is 4.10. The summed E-state index contributed by atoms with van der Waals surface area (Å²) >= 11 is 5.72. The van der Waals surface area contributed by atoms with Crippen LogP contribution in [-0.2, 0) is 10.0 Å². The molecule has 7 nitrogen and oxygen atoms in total. The second kappa shape index (κ2) is 5.97. The molecule has 0 bridgehead atoms. The van der Waals surface area contributed by atoms with E-state index in [-0.39, 0.29) is 22.0 Å². The number of nitrogens with zero attached hydrogens (tertiary/aromatic N) is 2. The Balaban J connectivity index is 3.24. The van der Waals surface area contributed by atoms with Gasteiger partial charge in [-0.1, -0.05) is 11.6 Å². The molecule has 0 aliphatic heterocycles. The first-order chi connectivity index (χ1) is 9.50. The van der Waals surface area contributed by atoms with E-state index < -0.39 is 26.0 Å². The normalized spacial score (nSPS) is 12.0. The molecule has 0 saturated heterocycles. The number of nitriles is 1. The van der Waals surface area contributed by atoms with Crippen LogP contribution in [-0.4, -0.2) is 19.9 Å². The molecule has 21 heavy (non-hydrogen) atoms. The van der Waals surface area contributed by atoms with Crippen LogP contribution in [0.2, 0.25) is 5.02 Å². The average molecular weight is 332 g/mol. The lowest BCUT2D eigenvalue weighted by Crippen LogP contribution is -2.33. The first-order valence-electron chi connectivity index (χ1n) is 5.85. The van der Waals surface area contributed by atoms with Crippen molar-refractivity contribution in [2.75, 3.05) is 6.54 Å². The molecule has 114 valence electrons. The highest BCUT2D eigenvalue weighted by atomic mass is 35.5. The predicted octanol–water partition coefficient (Wildman–Crippen LogP) is 2.38. The summed E-state index contributed by atoms with van der Waals surface area (Å²) in [7, 11) is -3.97. The van der Waals surface area contributed by atoms with Gasteiger partial charge in [-0.3, -0.25) is 10.1 Å². The van der Waals surface area contributed by atoms with Crippen molar-refractivity contribution in [1.82, 2.24) is 4.72 Å². The van der Waals surface area contributed by atoms with Crippen LogP contribution in [0.5, 0.6) is 0 Å². The molecule has 0 atom stereocenters. The Bertz CT molecular complexity index is 723. The second-order valence-corrected chi connectivity index (χ2v) is 7.29. The number of aryl methyl sites for hydroxylation is 1. The largest absolute Gasteiger partial charge is 0.289 e. The van der Waals surface area contributed by atoms with Gasteiger partial charge < -0.3 is 0 Å². The van der Waals surface area contributed by atoms with E-state index in [1.165, 1.54) is 13.0 Å². The van der Waals surface area contributed by atoms with Gasteiger partial charge in [0.2, 0.25) is 10.0 Å². The topological polar surface area (TPSA) is 113 Å². The van der Waals surface area contributed by atoms with Crippen molar-refractivity contribution in [3.05, 3.63) is 32.8 Å². The molecule has 0 saturated carbocycles. The molecule has 0 spiro atoms. The van der Waals surface area contributed by atoms with Crippen LogP contribution >= 0.6 is 11.6 Å². The summed E-state index contributed by atoms with van der Waals surface area (Å²) in [5.74, 6) is 0. The maximum absolute atomic E-state index is 12.2. The summed E-state index contributed by atoms with van der Waals surface area (Å²) in [6.45, 7) is 4.53. The number of sulfonamides is 1. The minimum atomic E-state index is -3.97. The van der Waals surface area contributed by atoms with E-state index in [0.717, 1.165) is 6.07 Å². The van der Waals surface area contributed by atoms with Gasteiger partial charge in [0.25, 0.3) is 5.69 Å². The minimum Gasteiger partial charge on any atom is -0.258 e. The van der Waals surface area contributed by atoms with Crippen molar-refractivity contribution in [2.24, 2.45) is 5.41 Å². The third kappa shape index (κ3) is 4.14. The van der Waals surface area contributed by atoms with Gasteiger partial charge in [-0.05, 0) is 32.4 Å². The van der Waals surface area contributed by atoms with Gasteiger partial charge in [0.15, 0.2) is 0 Å². The molecule has 0 unspecified atom stereocenters. The van der Waals surface area contributed by atoms with Crippen molar-refractivity contribution in [2.45, 2.75) is 25.7 Å². The first-order valence-corrected chi connectivity index (χ1v) is 7.72. The van der Waals surface area contributed by atoms with E-state index in [0.29, 0.717) is 0 Å². The Morgan fingerprint density at radius 3 is 2.52 bits per heavy atom. The summed E-state index contributed by atoms with van der Waals surface area (Å²) in [6.07, 6.45) is 0. The molecule has 0 aliphatic carbocycles. The highest BCUT2D eigenvalue weighted by molar-refractivity contribution is 7.89. The lowest BCUT2D eigenvalue weighted by atomic mass is 9.97. The van der Waals surface area contributed by atoms with Crippen LogP contribution in [0, 0.1) is 33.8 Å². The Morgan fingerprint density at radius 1 is 1.48 bits per heavy atom. The molecule has 0 fully saturated rings. The predicted molar refractivity (Wildman–Crippen MR) is 77.4 cm³/mol. The molecular weight excluding hydrogens is 318 g/mol. The van der Waals surface area contributed by atoms with E-state index in [2.05, 4.69) is 4.72 Å². The quantitative estimate of drug-likeness (QED) is 0.657. The Morgan fingerprint density at radius 2 is 2.05 bits per heavy atom. The van der Waals surface area contributed by atoms with E-state index in [9.17, 15) is 18.5 Å². The number of hydrogen-bond donors (Lipinski definition) is 1. The second-order valence-electron chi connectivity index (χ2n) is 5.15. The van der Waals surface area contributed by atoms with Gasteiger partial charge in [-0.2, -0.15) is 5.26 Å². The lowest BCUT2D eigenvalue weighted by Gasteiger charge is -2.16. The Labute approximate surface area is 127 Å². The van der Waals surface area contributed by atoms with Gasteiger partial charge in [-0.15, -0.1) is 0 Å². The fourth-order valence-corrected chi connectivity index (χ4v) is 3.21. The zero-order chi connectivity index (χ0) is 16.4. The number of benzene rings is 1. The van der Waals surface area contributed by atoms with Gasteiger partial charge >= 0.3 is 0 Å². The first kappa shape index (κ1) is 17.4. The van der Waals surface area contributed by atoms with Crippen LogP contribution in [0.4, 0.5) is 5.69 Å². The molecule has 0 aliphatic rings. The summed E-state index contributed by atoms with van der Waals surface area (Å²) in [5.41, 5.74) is -1.09. The third-order valence-corrected chi connectivity index (χ3v) is 4.58. The molecule has 1 rings (SSSR count). The highest BCUT2D eigenvalue weighted by Crippen LogP contribution is 2.30. The summed E-state index contributed by atoms with van der Waals surface area (Å²) in [5, 5.41) is 19.6. The van der Waals surface area contributed by atoms with E-state index in [1.54, 1.807) is 13.8 Å². The highest BCUT2D eigenvalue weighted by Gasteiger charge is 2.26. The summed E-state index contributed by atoms with van der Waals surface area (Å²) < 4.78 is 26.7. The number of rotatable bonds is 5. The third-order valence-electron chi connectivity index (χ3n) is 2.74. The number of halogens is 1. The number of nitro benzene ring substituents is 1. The van der Waals surface area contributed by atoms with Crippen LogP contribution in [0.25, 0.3) is 0 Å². The zero-order valence-electron chi connectivity index (χ0n) is 11.7. The van der Waals surface area contributed by atoms with Gasteiger partial charge in [-0.25, -0.2) is 13.1 Å². The molecule has 0 aromatic heterocycles. The van der Waals surface area contributed by atoms with Crippen molar-refractivity contribution in [1.29, 1.82) is 5.26 Å². The average Bonchev–Trinajstić information content (AvgIpc) is 2.36. The fraction of sp³-hybridized carbons (Fsp3) is 0.417. The SMILES string of the molecule is Cc1cc(Cl)c([N+](=O)[O-])cc1S(=O)(=O)NCC(C)(C)C#N. The molecular formula is C12H14ClN3O4S. The Kier molecular flexibility index (Phi) is 4.94. The maximum Gasteiger partial charge on any atom is 0.289 e. The number of hydrogen-bond acceptors (Lipinski definition) is 5. The smallest absolute Gasteiger partial charge is 0.258 e. The van der Waals surface area contributed by atoms with Gasteiger partial charge in [0.05, 0.1) is 21.3 Å². The molecule has 0 radical (unpaired) electrons. The monoisotopic (exact) mass is 331 g/mol. The van der Waals surface area contributed by atoms with Crippen LogP contribution in [0.15, 0.2) is 17.0 Å². The molecule has 0 amide bonds. The standard InChI is InChI=1S/C12H14ClN3O4S/c1-8-4-9(13)10(16(17)18)5-11(8)21(19,20)15-7-12(2,3)6-14/h4-5,15H,7H2,1-3H3. The van der Waals surface area contributed by atoms with Crippen LogP contribution in [0.1, 0.15) is 19.4 Å². The minimum absolute atomic E-state index is 0.109. The van der Waals surface area contributed by atoms with Gasteiger partial charge in [0, 0.05) is 12.6 Å². The van der Waals surface area contributed by atoms with Crippen LogP contribution in [0.3, 0.4) is 0 Å². The lowest BCUT2D eigenvalue weighted by molar-refractivity contribution is -0.384.